The minimum absolute atomic E-state index is 0.122. The molecule has 4 rings (SSSR count). The van der Waals surface area contributed by atoms with Gasteiger partial charge in [-0.1, -0.05) is 31.4 Å². The molecule has 29 heavy (non-hydrogen) atoms. The van der Waals surface area contributed by atoms with E-state index in [4.69, 9.17) is 4.74 Å². The molecular formula is C22H29NO5S. The number of hydrogen-bond donors (Lipinski definition) is 0. The summed E-state index contributed by atoms with van der Waals surface area (Å²) < 4.78 is 30.6. The van der Waals surface area contributed by atoms with E-state index in [-0.39, 0.29) is 29.0 Å². The molecule has 3 fully saturated rings. The predicted molar refractivity (Wildman–Crippen MR) is 108 cm³/mol. The molecule has 0 bridgehead atoms. The summed E-state index contributed by atoms with van der Waals surface area (Å²) in [6.07, 6.45) is 6.23. The molecule has 0 unspecified atom stereocenters. The van der Waals surface area contributed by atoms with Crippen LogP contribution in [0.1, 0.15) is 62.8 Å². The van der Waals surface area contributed by atoms with Gasteiger partial charge in [-0.3, -0.25) is 9.59 Å². The molecule has 0 spiro atoms. The molecule has 3 aliphatic rings. The average Bonchev–Trinajstić information content (AvgIpc) is 3.11. The number of carbonyl (C=O) groups excluding carboxylic acids is 2. The van der Waals surface area contributed by atoms with Crippen LogP contribution < -0.4 is 0 Å². The Morgan fingerprint density at radius 3 is 2.38 bits per heavy atom. The molecule has 1 aliphatic carbocycles. The van der Waals surface area contributed by atoms with Gasteiger partial charge in [0.15, 0.2) is 9.84 Å². The van der Waals surface area contributed by atoms with Crippen molar-refractivity contribution in [2.45, 2.75) is 67.4 Å². The third-order valence-electron chi connectivity index (χ3n) is 6.61. The summed E-state index contributed by atoms with van der Waals surface area (Å²) >= 11 is 0. The number of hydrogen-bond acceptors (Lipinski definition) is 5. The molecule has 1 aromatic rings. The monoisotopic (exact) mass is 419 g/mol. The fourth-order valence-electron chi connectivity index (χ4n) is 4.63. The van der Waals surface area contributed by atoms with Gasteiger partial charge in [0.2, 0.25) is 5.91 Å². The van der Waals surface area contributed by atoms with Crippen molar-refractivity contribution in [3.63, 3.8) is 0 Å². The second kappa shape index (κ2) is 8.46. The molecular weight excluding hydrogens is 390 g/mol. The van der Waals surface area contributed by atoms with Crippen molar-refractivity contribution in [2.75, 3.05) is 19.7 Å². The topological polar surface area (TPSA) is 80.8 Å². The molecule has 1 aromatic carbocycles. The van der Waals surface area contributed by atoms with Crippen LogP contribution in [0.3, 0.4) is 0 Å². The fourth-order valence-corrected chi connectivity index (χ4v) is 6.48. The largest absolute Gasteiger partial charge is 0.465 e. The summed E-state index contributed by atoms with van der Waals surface area (Å²) in [7, 11) is -3.24. The lowest BCUT2D eigenvalue weighted by Crippen LogP contribution is -2.48. The zero-order valence-corrected chi connectivity index (χ0v) is 17.5. The number of amides is 1. The van der Waals surface area contributed by atoms with Crippen LogP contribution in [0.4, 0.5) is 0 Å². The molecule has 2 heterocycles. The number of sulfone groups is 1. The number of benzene rings is 1. The molecule has 2 aliphatic heterocycles. The third-order valence-corrected chi connectivity index (χ3v) is 8.89. The van der Waals surface area contributed by atoms with E-state index in [1.165, 1.54) is 0 Å². The van der Waals surface area contributed by atoms with Crippen LogP contribution in [0, 0.1) is 5.92 Å². The van der Waals surface area contributed by atoms with Crippen molar-refractivity contribution in [3.05, 3.63) is 29.8 Å². The number of carbonyl (C=O) groups is 2. The number of cyclic esters (lactones) is 1. The number of esters is 1. The normalized spacial score (nSPS) is 23.7. The Balaban J connectivity index is 1.27. The highest BCUT2D eigenvalue weighted by atomic mass is 32.2. The SMILES string of the molecule is O=C1C[C@H](CCC(=O)N2CC(c3ccc(S(=O)(=O)C4CCCCC4)cc3)C2)CO1. The Labute approximate surface area is 172 Å². The quantitative estimate of drug-likeness (QED) is 0.662. The smallest absolute Gasteiger partial charge is 0.306 e. The van der Waals surface area contributed by atoms with Crippen molar-refractivity contribution in [3.8, 4) is 0 Å². The van der Waals surface area contributed by atoms with E-state index in [0.717, 1.165) is 37.7 Å². The predicted octanol–water partition coefficient (Wildman–Crippen LogP) is 3.06. The van der Waals surface area contributed by atoms with Gasteiger partial charge in [-0.2, -0.15) is 0 Å². The molecule has 2 saturated heterocycles. The molecule has 0 aromatic heterocycles. The highest BCUT2D eigenvalue weighted by Crippen LogP contribution is 2.32. The Bertz CT molecular complexity index is 852. The Hall–Kier alpha value is -1.89. The maximum absolute atomic E-state index is 12.8. The first kappa shape index (κ1) is 20.4. The number of rotatable bonds is 6. The molecule has 7 heteroatoms. The second-order valence-corrected chi connectivity index (χ2v) is 10.9. The lowest BCUT2D eigenvalue weighted by atomic mass is 9.91. The van der Waals surface area contributed by atoms with Gasteiger partial charge in [-0.15, -0.1) is 0 Å². The van der Waals surface area contributed by atoms with Gasteiger partial charge in [0.25, 0.3) is 0 Å². The highest BCUT2D eigenvalue weighted by molar-refractivity contribution is 7.92. The molecule has 0 N–H and O–H groups in total. The van der Waals surface area contributed by atoms with Crippen LogP contribution in [0.2, 0.25) is 0 Å². The standard InChI is InChI=1S/C22H29NO5S/c24-21(11-6-16-12-22(25)28-15-16)23-13-18(14-23)17-7-9-20(10-8-17)29(26,27)19-4-2-1-3-5-19/h7-10,16,18-19H,1-6,11-15H2/t16-/m0/s1. The van der Waals surface area contributed by atoms with Crippen LogP contribution in [0.5, 0.6) is 0 Å². The first-order chi connectivity index (χ1) is 13.9. The van der Waals surface area contributed by atoms with Crippen LogP contribution in [-0.4, -0.2) is 50.1 Å². The lowest BCUT2D eigenvalue weighted by molar-refractivity contribution is -0.138. The van der Waals surface area contributed by atoms with E-state index < -0.39 is 9.84 Å². The van der Waals surface area contributed by atoms with Crippen molar-refractivity contribution in [1.29, 1.82) is 0 Å². The zero-order chi connectivity index (χ0) is 20.4. The van der Waals surface area contributed by atoms with Gasteiger partial charge in [-0.05, 0) is 37.0 Å². The molecule has 1 atom stereocenters. The fraction of sp³-hybridized carbons (Fsp3) is 0.636. The van der Waals surface area contributed by atoms with E-state index in [1.807, 2.05) is 17.0 Å². The number of nitrogens with zero attached hydrogens (tertiary/aromatic N) is 1. The number of ether oxygens (including phenoxy) is 1. The molecule has 6 nitrogen and oxygen atoms in total. The summed E-state index contributed by atoms with van der Waals surface area (Å²) in [6, 6.07) is 7.29. The number of likely N-dealkylation sites (tertiary alicyclic amines) is 1. The Morgan fingerprint density at radius 2 is 1.76 bits per heavy atom. The van der Waals surface area contributed by atoms with Gasteiger partial charge in [0.1, 0.15) is 0 Å². The van der Waals surface area contributed by atoms with Gasteiger partial charge in [-0.25, -0.2) is 8.42 Å². The summed E-state index contributed by atoms with van der Waals surface area (Å²) in [4.78, 5) is 25.7. The minimum Gasteiger partial charge on any atom is -0.465 e. The van der Waals surface area contributed by atoms with Crippen LogP contribution in [0.15, 0.2) is 29.2 Å². The van der Waals surface area contributed by atoms with E-state index in [1.54, 1.807) is 12.1 Å². The lowest BCUT2D eigenvalue weighted by Gasteiger charge is -2.40. The minimum atomic E-state index is -3.24. The van der Waals surface area contributed by atoms with Crippen molar-refractivity contribution >= 4 is 21.7 Å². The molecule has 1 amide bonds. The van der Waals surface area contributed by atoms with Crippen molar-refractivity contribution < 1.29 is 22.7 Å². The molecule has 0 radical (unpaired) electrons. The van der Waals surface area contributed by atoms with Gasteiger partial charge >= 0.3 is 5.97 Å². The first-order valence-electron chi connectivity index (χ1n) is 10.7. The zero-order valence-electron chi connectivity index (χ0n) is 16.7. The summed E-state index contributed by atoms with van der Waals surface area (Å²) in [5.41, 5.74) is 1.09. The second-order valence-electron chi connectivity index (χ2n) is 8.66. The maximum Gasteiger partial charge on any atom is 0.306 e. The van der Waals surface area contributed by atoms with E-state index in [9.17, 15) is 18.0 Å². The van der Waals surface area contributed by atoms with Crippen LogP contribution in [0.25, 0.3) is 0 Å². The first-order valence-corrected chi connectivity index (χ1v) is 12.3. The van der Waals surface area contributed by atoms with Gasteiger partial charge in [0, 0.05) is 31.3 Å². The summed E-state index contributed by atoms with van der Waals surface area (Å²) in [5.74, 6) is 0.390. The van der Waals surface area contributed by atoms with Crippen molar-refractivity contribution in [1.82, 2.24) is 4.90 Å². The molecule has 1 saturated carbocycles. The van der Waals surface area contributed by atoms with E-state index in [0.29, 0.717) is 43.9 Å². The van der Waals surface area contributed by atoms with Crippen molar-refractivity contribution in [2.24, 2.45) is 5.92 Å². The maximum atomic E-state index is 12.8. The summed E-state index contributed by atoms with van der Waals surface area (Å²) in [5, 5.41) is -0.237. The van der Waals surface area contributed by atoms with E-state index in [2.05, 4.69) is 0 Å². The average molecular weight is 420 g/mol. The van der Waals surface area contributed by atoms with Crippen LogP contribution >= 0.6 is 0 Å². The highest BCUT2D eigenvalue weighted by Gasteiger charge is 2.33. The van der Waals surface area contributed by atoms with Gasteiger partial charge < -0.3 is 9.64 Å². The van der Waals surface area contributed by atoms with Crippen LogP contribution in [-0.2, 0) is 24.2 Å². The van der Waals surface area contributed by atoms with Gasteiger partial charge in [0.05, 0.1) is 23.2 Å². The Morgan fingerprint density at radius 1 is 1.07 bits per heavy atom. The Kier molecular flexibility index (Phi) is 5.95. The molecule has 158 valence electrons. The van der Waals surface area contributed by atoms with E-state index >= 15 is 0 Å². The third kappa shape index (κ3) is 4.49. The summed E-state index contributed by atoms with van der Waals surface area (Å²) in [6.45, 7) is 1.78.